The molecule has 1 fully saturated rings. The SMILES string of the molecule is CCOC(=O)C1CCCN1C(=O)c1cc2sccc2s1. The van der Waals surface area contributed by atoms with Crippen LogP contribution in [0.4, 0.5) is 0 Å². The maximum Gasteiger partial charge on any atom is 0.328 e. The standard InChI is InChI=1S/C14H15NO3S2/c1-2-18-14(17)9-4-3-6-15(9)13(16)12-8-11-10(20-12)5-7-19-11/h5,7-9H,2-4,6H2,1H3. The lowest BCUT2D eigenvalue weighted by Gasteiger charge is -2.22. The molecule has 6 heteroatoms. The zero-order valence-electron chi connectivity index (χ0n) is 11.1. The second-order valence-electron chi connectivity index (χ2n) is 4.67. The molecule has 20 heavy (non-hydrogen) atoms. The van der Waals surface area contributed by atoms with Crippen molar-refractivity contribution in [2.45, 2.75) is 25.8 Å². The van der Waals surface area contributed by atoms with Gasteiger partial charge >= 0.3 is 5.97 Å². The van der Waals surface area contributed by atoms with Crippen molar-refractivity contribution in [1.82, 2.24) is 4.90 Å². The third-order valence-corrected chi connectivity index (χ3v) is 5.50. The summed E-state index contributed by atoms with van der Waals surface area (Å²) in [4.78, 5) is 26.8. The molecule has 106 valence electrons. The lowest BCUT2D eigenvalue weighted by atomic mass is 10.2. The Kier molecular flexibility index (Phi) is 3.76. The van der Waals surface area contributed by atoms with E-state index in [2.05, 4.69) is 0 Å². The minimum absolute atomic E-state index is 0.0473. The predicted molar refractivity (Wildman–Crippen MR) is 80.4 cm³/mol. The maximum absolute atomic E-state index is 12.6. The van der Waals surface area contributed by atoms with Crippen LogP contribution in [0.1, 0.15) is 29.4 Å². The first kappa shape index (κ1) is 13.6. The molecule has 1 amide bonds. The predicted octanol–water partition coefficient (Wildman–Crippen LogP) is 3.13. The van der Waals surface area contributed by atoms with Crippen molar-refractivity contribution in [3.8, 4) is 0 Å². The summed E-state index contributed by atoms with van der Waals surface area (Å²) in [5, 5.41) is 2.02. The fraction of sp³-hybridized carbons (Fsp3) is 0.429. The zero-order chi connectivity index (χ0) is 14.1. The molecule has 0 saturated carbocycles. The van der Waals surface area contributed by atoms with Crippen LogP contribution in [0.2, 0.25) is 0 Å². The first-order valence-electron chi connectivity index (χ1n) is 6.65. The van der Waals surface area contributed by atoms with E-state index >= 15 is 0 Å². The average molecular weight is 309 g/mol. The van der Waals surface area contributed by atoms with E-state index in [1.165, 1.54) is 11.3 Å². The molecular formula is C14H15NO3S2. The Balaban J connectivity index is 1.82. The van der Waals surface area contributed by atoms with E-state index < -0.39 is 6.04 Å². The van der Waals surface area contributed by atoms with Crippen LogP contribution in [0.15, 0.2) is 17.5 Å². The molecule has 1 atom stereocenters. The number of fused-ring (bicyclic) bond motifs is 1. The van der Waals surface area contributed by atoms with Crippen molar-refractivity contribution >= 4 is 43.9 Å². The van der Waals surface area contributed by atoms with Crippen molar-refractivity contribution in [2.24, 2.45) is 0 Å². The van der Waals surface area contributed by atoms with E-state index in [9.17, 15) is 9.59 Å². The summed E-state index contributed by atoms with van der Waals surface area (Å²) in [6, 6.07) is 3.53. The number of thiophene rings is 2. The van der Waals surface area contributed by atoms with Crippen LogP contribution in [-0.2, 0) is 9.53 Å². The highest BCUT2D eigenvalue weighted by Gasteiger charge is 2.36. The van der Waals surface area contributed by atoms with E-state index in [0.29, 0.717) is 24.4 Å². The number of esters is 1. The second-order valence-corrected chi connectivity index (χ2v) is 6.70. The number of hydrogen-bond donors (Lipinski definition) is 0. The highest BCUT2D eigenvalue weighted by Crippen LogP contribution is 2.32. The van der Waals surface area contributed by atoms with Crippen LogP contribution in [0.5, 0.6) is 0 Å². The van der Waals surface area contributed by atoms with Gasteiger partial charge in [-0.3, -0.25) is 4.79 Å². The molecule has 0 bridgehead atoms. The van der Waals surface area contributed by atoms with Crippen molar-refractivity contribution in [3.05, 3.63) is 22.4 Å². The summed E-state index contributed by atoms with van der Waals surface area (Å²) in [5.74, 6) is -0.328. The van der Waals surface area contributed by atoms with Gasteiger partial charge in [0.05, 0.1) is 11.5 Å². The molecule has 3 rings (SSSR count). The maximum atomic E-state index is 12.6. The third-order valence-electron chi connectivity index (χ3n) is 3.42. The van der Waals surface area contributed by atoms with Gasteiger partial charge in [-0.15, -0.1) is 22.7 Å². The summed E-state index contributed by atoms with van der Waals surface area (Å²) >= 11 is 3.12. The molecule has 1 aliphatic heterocycles. The van der Waals surface area contributed by atoms with Crippen LogP contribution < -0.4 is 0 Å². The highest BCUT2D eigenvalue weighted by atomic mass is 32.1. The molecule has 3 heterocycles. The van der Waals surface area contributed by atoms with Crippen molar-refractivity contribution in [3.63, 3.8) is 0 Å². The van der Waals surface area contributed by atoms with Gasteiger partial charge in [-0.1, -0.05) is 0 Å². The number of likely N-dealkylation sites (tertiary alicyclic amines) is 1. The van der Waals surface area contributed by atoms with Gasteiger partial charge in [0, 0.05) is 15.9 Å². The number of hydrogen-bond acceptors (Lipinski definition) is 5. The Bertz CT molecular complexity index is 617. The van der Waals surface area contributed by atoms with Gasteiger partial charge in [-0.2, -0.15) is 0 Å². The van der Waals surface area contributed by atoms with Crippen molar-refractivity contribution < 1.29 is 14.3 Å². The zero-order valence-corrected chi connectivity index (χ0v) is 12.8. The molecule has 0 aliphatic carbocycles. The normalized spacial score (nSPS) is 18.6. The third kappa shape index (κ3) is 2.33. The van der Waals surface area contributed by atoms with E-state index in [4.69, 9.17) is 4.74 Å². The van der Waals surface area contributed by atoms with Gasteiger partial charge in [0.25, 0.3) is 5.91 Å². The molecule has 1 unspecified atom stereocenters. The Morgan fingerprint density at radius 1 is 1.45 bits per heavy atom. The lowest BCUT2D eigenvalue weighted by Crippen LogP contribution is -2.41. The average Bonchev–Trinajstić information content (AvgIpc) is 3.12. The number of rotatable bonds is 3. The Morgan fingerprint density at radius 3 is 3.05 bits per heavy atom. The number of ether oxygens (including phenoxy) is 1. The van der Waals surface area contributed by atoms with Crippen LogP contribution >= 0.6 is 22.7 Å². The molecule has 0 N–H and O–H groups in total. The van der Waals surface area contributed by atoms with Crippen molar-refractivity contribution in [1.29, 1.82) is 0 Å². The fourth-order valence-electron chi connectivity index (χ4n) is 2.51. The molecule has 0 spiro atoms. The molecular weight excluding hydrogens is 294 g/mol. The van der Waals surface area contributed by atoms with Gasteiger partial charge in [0.1, 0.15) is 6.04 Å². The van der Waals surface area contributed by atoms with Gasteiger partial charge < -0.3 is 9.64 Å². The fourth-order valence-corrected chi connectivity index (χ4v) is 4.57. The van der Waals surface area contributed by atoms with Gasteiger partial charge in [-0.05, 0) is 37.3 Å². The molecule has 1 saturated heterocycles. The Morgan fingerprint density at radius 2 is 2.30 bits per heavy atom. The smallest absolute Gasteiger partial charge is 0.328 e. The van der Waals surface area contributed by atoms with Crippen molar-refractivity contribution in [2.75, 3.05) is 13.2 Å². The minimum atomic E-state index is -0.414. The minimum Gasteiger partial charge on any atom is -0.464 e. The first-order valence-corrected chi connectivity index (χ1v) is 8.35. The Hall–Kier alpha value is -1.40. The lowest BCUT2D eigenvalue weighted by molar-refractivity contribution is -0.147. The largest absolute Gasteiger partial charge is 0.464 e. The summed E-state index contributed by atoms with van der Waals surface area (Å²) in [5.41, 5.74) is 0. The van der Waals surface area contributed by atoms with Gasteiger partial charge in [0.15, 0.2) is 0 Å². The quantitative estimate of drug-likeness (QED) is 0.818. The van der Waals surface area contributed by atoms with E-state index in [0.717, 1.165) is 15.8 Å². The topological polar surface area (TPSA) is 46.6 Å². The monoisotopic (exact) mass is 309 g/mol. The van der Waals surface area contributed by atoms with Crippen LogP contribution in [0.3, 0.4) is 0 Å². The van der Waals surface area contributed by atoms with Gasteiger partial charge in [0.2, 0.25) is 0 Å². The number of carbonyl (C=O) groups excluding carboxylic acids is 2. The molecule has 0 aromatic carbocycles. The summed E-state index contributed by atoms with van der Waals surface area (Å²) in [6.07, 6.45) is 1.55. The van der Waals surface area contributed by atoms with Crippen LogP contribution in [0, 0.1) is 0 Å². The first-order chi connectivity index (χ1) is 9.70. The highest BCUT2D eigenvalue weighted by molar-refractivity contribution is 7.27. The van der Waals surface area contributed by atoms with Crippen LogP contribution in [-0.4, -0.2) is 36.0 Å². The second kappa shape index (κ2) is 5.54. The molecule has 4 nitrogen and oxygen atoms in total. The summed E-state index contributed by atoms with van der Waals surface area (Å²) in [6.45, 7) is 2.77. The van der Waals surface area contributed by atoms with E-state index in [1.54, 1.807) is 23.2 Å². The molecule has 0 radical (unpaired) electrons. The molecule has 2 aromatic rings. The molecule has 1 aliphatic rings. The molecule has 2 aromatic heterocycles. The number of carbonyl (C=O) groups is 2. The number of amides is 1. The van der Waals surface area contributed by atoms with E-state index in [-0.39, 0.29) is 11.9 Å². The van der Waals surface area contributed by atoms with E-state index in [1.807, 2.05) is 17.5 Å². The number of nitrogens with zero attached hydrogens (tertiary/aromatic N) is 1. The van der Waals surface area contributed by atoms with Crippen LogP contribution in [0.25, 0.3) is 9.40 Å². The summed E-state index contributed by atoms with van der Waals surface area (Å²) in [7, 11) is 0. The van der Waals surface area contributed by atoms with Gasteiger partial charge in [-0.25, -0.2) is 4.79 Å². The Labute approximate surface area is 125 Å². The summed E-state index contributed by atoms with van der Waals surface area (Å²) < 4.78 is 7.32.